The fraction of sp³-hybridized carbons (Fsp3) is 0.250. The van der Waals surface area contributed by atoms with Crippen molar-refractivity contribution in [1.29, 1.82) is 0 Å². The molecule has 0 spiro atoms. The summed E-state index contributed by atoms with van der Waals surface area (Å²) in [7, 11) is 1.89. The van der Waals surface area contributed by atoms with Crippen molar-refractivity contribution in [2.45, 2.75) is 19.9 Å². The highest BCUT2D eigenvalue weighted by Gasteiger charge is 2.18. The molecule has 0 aromatic heterocycles. The SMILES string of the molecule is CNC(c1ccc(Br)c(Cl)c1)c1c(C)cc(F)cc1C. The van der Waals surface area contributed by atoms with Crippen LogP contribution in [0.1, 0.15) is 28.3 Å². The molecule has 0 saturated carbocycles. The standard InChI is InChI=1S/C16H16BrClFN/c1-9-6-12(19)7-10(2)15(9)16(20-3)11-4-5-13(17)14(18)8-11/h4-8,16,20H,1-3H3. The van der Waals surface area contributed by atoms with Gasteiger partial charge in [-0.2, -0.15) is 0 Å². The van der Waals surface area contributed by atoms with E-state index in [0.717, 1.165) is 26.7 Å². The van der Waals surface area contributed by atoms with Crippen molar-refractivity contribution in [3.63, 3.8) is 0 Å². The normalized spacial score (nSPS) is 12.5. The second-order valence-corrected chi connectivity index (χ2v) is 6.11. The van der Waals surface area contributed by atoms with Crippen molar-refractivity contribution in [1.82, 2.24) is 5.32 Å². The van der Waals surface area contributed by atoms with Gasteiger partial charge in [0.05, 0.1) is 11.1 Å². The van der Waals surface area contributed by atoms with E-state index in [1.54, 1.807) is 12.1 Å². The molecule has 1 nitrogen and oxygen atoms in total. The number of hydrogen-bond donors (Lipinski definition) is 1. The molecule has 0 bridgehead atoms. The van der Waals surface area contributed by atoms with E-state index in [9.17, 15) is 4.39 Å². The van der Waals surface area contributed by atoms with Gasteiger partial charge < -0.3 is 5.32 Å². The van der Waals surface area contributed by atoms with Crippen LogP contribution in [0.2, 0.25) is 5.02 Å². The van der Waals surface area contributed by atoms with Crippen LogP contribution in [-0.4, -0.2) is 7.05 Å². The van der Waals surface area contributed by atoms with Crippen molar-refractivity contribution < 1.29 is 4.39 Å². The second-order valence-electron chi connectivity index (χ2n) is 4.85. The Balaban J connectivity index is 2.55. The van der Waals surface area contributed by atoms with Gasteiger partial charge in [0.1, 0.15) is 5.82 Å². The highest BCUT2D eigenvalue weighted by Crippen LogP contribution is 2.32. The Bertz CT molecular complexity index is 619. The Hall–Kier alpha value is -0.900. The molecule has 0 aliphatic carbocycles. The molecule has 0 aliphatic rings. The smallest absolute Gasteiger partial charge is 0.123 e. The molecule has 0 saturated heterocycles. The highest BCUT2D eigenvalue weighted by molar-refractivity contribution is 9.10. The lowest BCUT2D eigenvalue weighted by Gasteiger charge is -2.22. The van der Waals surface area contributed by atoms with Crippen molar-refractivity contribution in [3.05, 3.63) is 67.9 Å². The van der Waals surface area contributed by atoms with Gasteiger partial charge >= 0.3 is 0 Å². The van der Waals surface area contributed by atoms with Crippen LogP contribution in [0.3, 0.4) is 0 Å². The number of rotatable bonds is 3. The van der Waals surface area contributed by atoms with E-state index in [2.05, 4.69) is 21.2 Å². The van der Waals surface area contributed by atoms with E-state index in [0.29, 0.717) is 5.02 Å². The van der Waals surface area contributed by atoms with Gasteiger partial charge in [0.2, 0.25) is 0 Å². The summed E-state index contributed by atoms with van der Waals surface area (Å²) in [6.07, 6.45) is 0. The van der Waals surface area contributed by atoms with Gasteiger partial charge in [-0.3, -0.25) is 0 Å². The van der Waals surface area contributed by atoms with Gasteiger partial charge in [0.15, 0.2) is 0 Å². The first-order valence-corrected chi connectivity index (χ1v) is 7.50. The van der Waals surface area contributed by atoms with Crippen LogP contribution in [0, 0.1) is 19.7 Å². The lowest BCUT2D eigenvalue weighted by atomic mass is 9.91. The Morgan fingerprint density at radius 1 is 1.15 bits per heavy atom. The van der Waals surface area contributed by atoms with Crippen molar-refractivity contribution in [2.24, 2.45) is 0 Å². The van der Waals surface area contributed by atoms with Crippen LogP contribution in [0.4, 0.5) is 4.39 Å². The van der Waals surface area contributed by atoms with Crippen LogP contribution in [0.5, 0.6) is 0 Å². The Labute approximate surface area is 132 Å². The lowest BCUT2D eigenvalue weighted by Crippen LogP contribution is -2.20. The third-order valence-corrected chi connectivity index (χ3v) is 4.65. The number of benzene rings is 2. The average molecular weight is 357 g/mol. The van der Waals surface area contributed by atoms with Crippen LogP contribution in [0.25, 0.3) is 0 Å². The van der Waals surface area contributed by atoms with Crippen LogP contribution in [0.15, 0.2) is 34.8 Å². The fourth-order valence-corrected chi connectivity index (χ4v) is 2.98. The molecule has 0 amide bonds. The van der Waals surface area contributed by atoms with Gasteiger partial charge in [0.25, 0.3) is 0 Å². The molecule has 0 heterocycles. The van der Waals surface area contributed by atoms with Crippen LogP contribution < -0.4 is 5.32 Å². The molecule has 20 heavy (non-hydrogen) atoms. The summed E-state index contributed by atoms with van der Waals surface area (Å²) in [5.74, 6) is -0.201. The van der Waals surface area contributed by atoms with E-state index in [4.69, 9.17) is 11.6 Å². The fourth-order valence-electron chi connectivity index (χ4n) is 2.55. The minimum Gasteiger partial charge on any atom is -0.309 e. The molecule has 2 aromatic rings. The summed E-state index contributed by atoms with van der Waals surface area (Å²) in [4.78, 5) is 0. The maximum absolute atomic E-state index is 13.4. The van der Waals surface area contributed by atoms with E-state index < -0.39 is 0 Å². The summed E-state index contributed by atoms with van der Waals surface area (Å²) >= 11 is 9.57. The summed E-state index contributed by atoms with van der Waals surface area (Å²) in [6.45, 7) is 3.85. The second kappa shape index (κ2) is 6.25. The molecule has 0 fully saturated rings. The van der Waals surface area contributed by atoms with Gasteiger partial charge in [0, 0.05) is 4.47 Å². The third kappa shape index (κ3) is 3.05. The third-order valence-electron chi connectivity index (χ3n) is 3.41. The Morgan fingerprint density at radius 3 is 2.25 bits per heavy atom. The van der Waals surface area contributed by atoms with E-state index in [1.807, 2.05) is 39.1 Å². The summed E-state index contributed by atoms with van der Waals surface area (Å²) < 4.78 is 14.3. The van der Waals surface area contributed by atoms with Gasteiger partial charge in [-0.15, -0.1) is 0 Å². The number of aryl methyl sites for hydroxylation is 2. The molecule has 0 aliphatic heterocycles. The molecule has 1 atom stereocenters. The number of halogens is 3. The van der Waals surface area contributed by atoms with Crippen LogP contribution in [-0.2, 0) is 0 Å². The zero-order chi connectivity index (χ0) is 14.9. The predicted molar refractivity (Wildman–Crippen MR) is 85.9 cm³/mol. The van der Waals surface area contributed by atoms with Crippen molar-refractivity contribution in [3.8, 4) is 0 Å². The van der Waals surface area contributed by atoms with Crippen molar-refractivity contribution >= 4 is 27.5 Å². The highest BCUT2D eigenvalue weighted by atomic mass is 79.9. The minimum atomic E-state index is -0.201. The Kier molecular flexibility index (Phi) is 4.84. The number of nitrogens with one attached hydrogen (secondary N) is 1. The first-order chi connectivity index (χ1) is 9.43. The first-order valence-electron chi connectivity index (χ1n) is 6.33. The summed E-state index contributed by atoms with van der Waals surface area (Å²) in [6, 6.07) is 8.98. The summed E-state index contributed by atoms with van der Waals surface area (Å²) in [5, 5.41) is 3.95. The largest absolute Gasteiger partial charge is 0.309 e. The van der Waals surface area contributed by atoms with E-state index in [1.165, 1.54) is 0 Å². The molecule has 2 aromatic carbocycles. The minimum absolute atomic E-state index is 0.0128. The van der Waals surface area contributed by atoms with Gasteiger partial charge in [-0.25, -0.2) is 4.39 Å². The van der Waals surface area contributed by atoms with Crippen LogP contribution >= 0.6 is 27.5 Å². The molecule has 0 radical (unpaired) electrons. The molecule has 106 valence electrons. The average Bonchev–Trinajstić information content (AvgIpc) is 2.37. The maximum Gasteiger partial charge on any atom is 0.123 e. The van der Waals surface area contributed by atoms with E-state index >= 15 is 0 Å². The molecule has 4 heteroatoms. The molecular formula is C16H16BrClFN. The zero-order valence-corrected chi connectivity index (χ0v) is 13.9. The van der Waals surface area contributed by atoms with E-state index in [-0.39, 0.29) is 11.9 Å². The number of hydrogen-bond acceptors (Lipinski definition) is 1. The molecule has 2 rings (SSSR count). The summed E-state index contributed by atoms with van der Waals surface area (Å²) in [5.41, 5.74) is 4.01. The predicted octanol–water partition coefficient (Wildman–Crippen LogP) is 5.17. The molecule has 1 unspecified atom stereocenters. The zero-order valence-electron chi connectivity index (χ0n) is 11.6. The topological polar surface area (TPSA) is 12.0 Å². The lowest BCUT2D eigenvalue weighted by molar-refractivity contribution is 0.618. The van der Waals surface area contributed by atoms with Gasteiger partial charge in [-0.1, -0.05) is 17.7 Å². The maximum atomic E-state index is 13.4. The van der Waals surface area contributed by atoms with Crippen molar-refractivity contribution in [2.75, 3.05) is 7.05 Å². The Morgan fingerprint density at radius 2 is 1.75 bits per heavy atom. The molecular weight excluding hydrogens is 341 g/mol. The first kappa shape index (κ1) is 15.5. The van der Waals surface area contributed by atoms with Gasteiger partial charge in [-0.05, 0) is 83.3 Å². The molecule has 1 N–H and O–H groups in total. The monoisotopic (exact) mass is 355 g/mol. The quantitative estimate of drug-likeness (QED) is 0.800.